The van der Waals surface area contributed by atoms with Gasteiger partial charge in [0.1, 0.15) is 5.82 Å². The first-order valence-corrected chi connectivity index (χ1v) is 7.91. The van der Waals surface area contributed by atoms with Crippen molar-refractivity contribution in [3.63, 3.8) is 0 Å². The van der Waals surface area contributed by atoms with E-state index < -0.39 is 17.2 Å². The van der Waals surface area contributed by atoms with Gasteiger partial charge in [0, 0.05) is 25.5 Å². The van der Waals surface area contributed by atoms with E-state index in [1.165, 1.54) is 4.57 Å². The van der Waals surface area contributed by atoms with Gasteiger partial charge in [-0.25, -0.2) is 9.78 Å². The summed E-state index contributed by atoms with van der Waals surface area (Å²) in [5.74, 6) is -0.669. The Kier molecular flexibility index (Phi) is 5.36. The number of hydrogen-bond donors (Lipinski definition) is 1. The summed E-state index contributed by atoms with van der Waals surface area (Å²) in [4.78, 5) is 41.7. The van der Waals surface area contributed by atoms with Gasteiger partial charge in [-0.2, -0.15) is 0 Å². The summed E-state index contributed by atoms with van der Waals surface area (Å²) in [5, 5.41) is 10.7. The second-order valence-corrected chi connectivity index (χ2v) is 5.49. The highest BCUT2D eigenvalue weighted by Crippen LogP contribution is 2.14. The molecule has 2 rings (SSSR count). The lowest BCUT2D eigenvalue weighted by atomic mass is 10.3. The molecule has 0 amide bonds. The van der Waals surface area contributed by atoms with Crippen LogP contribution in [0.5, 0.6) is 0 Å². The van der Waals surface area contributed by atoms with Crippen molar-refractivity contribution in [1.82, 2.24) is 19.1 Å². The maximum atomic E-state index is 12.2. The van der Waals surface area contributed by atoms with Crippen molar-refractivity contribution in [2.45, 2.75) is 59.0 Å². The number of rotatable bonds is 8. The first kappa shape index (κ1) is 17.0. The smallest absolute Gasteiger partial charge is 0.330 e. The number of unbranched alkanes of at least 4 members (excludes halogenated alkanes) is 1. The van der Waals surface area contributed by atoms with Crippen molar-refractivity contribution in [3.8, 4) is 0 Å². The average Bonchev–Trinajstić information content (AvgIpc) is 2.86. The lowest BCUT2D eigenvalue weighted by molar-refractivity contribution is -0.305. The molecule has 0 saturated carbocycles. The van der Waals surface area contributed by atoms with E-state index in [0.717, 1.165) is 19.3 Å². The number of carboxylic acid groups (broad SMARTS) is 1. The molecule has 0 bridgehead atoms. The minimum Gasteiger partial charge on any atom is -0.550 e. The van der Waals surface area contributed by atoms with Gasteiger partial charge in [-0.15, -0.1) is 0 Å². The van der Waals surface area contributed by atoms with Crippen LogP contribution in [0.4, 0.5) is 0 Å². The van der Waals surface area contributed by atoms with Crippen molar-refractivity contribution in [1.29, 1.82) is 0 Å². The van der Waals surface area contributed by atoms with E-state index in [4.69, 9.17) is 0 Å². The largest absolute Gasteiger partial charge is 0.550 e. The number of carbonyl (C=O) groups is 1. The van der Waals surface area contributed by atoms with Crippen LogP contribution in [0.3, 0.4) is 0 Å². The molecule has 1 N–H and O–H groups in total. The van der Waals surface area contributed by atoms with Crippen LogP contribution in [0.15, 0.2) is 9.59 Å². The molecule has 8 heteroatoms. The van der Waals surface area contributed by atoms with E-state index >= 15 is 0 Å². The van der Waals surface area contributed by atoms with Crippen molar-refractivity contribution >= 4 is 17.1 Å². The zero-order valence-corrected chi connectivity index (χ0v) is 13.4. The zero-order valence-electron chi connectivity index (χ0n) is 13.4. The van der Waals surface area contributed by atoms with Gasteiger partial charge in [0.05, 0.1) is 0 Å². The van der Waals surface area contributed by atoms with Gasteiger partial charge in [-0.05, 0) is 19.3 Å². The summed E-state index contributed by atoms with van der Waals surface area (Å²) in [6, 6.07) is 0. The molecule has 0 unspecified atom stereocenters. The van der Waals surface area contributed by atoms with Crippen molar-refractivity contribution in [2.24, 2.45) is 0 Å². The second-order valence-electron chi connectivity index (χ2n) is 5.49. The second kappa shape index (κ2) is 7.26. The van der Waals surface area contributed by atoms with Gasteiger partial charge in [0.25, 0.3) is 5.56 Å². The lowest BCUT2D eigenvalue weighted by Crippen LogP contribution is -2.31. The Balaban J connectivity index is 2.66. The number of nitrogens with one attached hydrogen (secondary N) is 1. The topological polar surface area (TPSA) is 113 Å². The molecule has 0 radical (unpaired) electrons. The quantitative estimate of drug-likeness (QED) is 0.722. The van der Waals surface area contributed by atoms with Crippen LogP contribution >= 0.6 is 0 Å². The molecule has 0 fully saturated rings. The van der Waals surface area contributed by atoms with Crippen molar-refractivity contribution < 1.29 is 9.90 Å². The summed E-state index contributed by atoms with van der Waals surface area (Å²) in [6.45, 7) is 4.95. The zero-order chi connectivity index (χ0) is 17.0. The first-order chi connectivity index (χ1) is 11.0. The van der Waals surface area contributed by atoms with Crippen LogP contribution in [0.2, 0.25) is 0 Å². The number of H-pyrrole nitrogens is 1. The third kappa shape index (κ3) is 3.52. The van der Waals surface area contributed by atoms with Crippen LogP contribution in [0.25, 0.3) is 11.2 Å². The van der Waals surface area contributed by atoms with E-state index in [9.17, 15) is 19.5 Å². The molecule has 0 aliphatic carbocycles. The molecular weight excluding hydrogens is 300 g/mol. The highest BCUT2D eigenvalue weighted by Gasteiger charge is 2.17. The molecule has 2 aromatic heterocycles. The Labute approximate surface area is 132 Å². The average molecular weight is 321 g/mol. The molecule has 23 heavy (non-hydrogen) atoms. The summed E-state index contributed by atoms with van der Waals surface area (Å²) in [7, 11) is 0. The number of fused-ring (bicyclic) bond motifs is 1. The molecule has 0 spiro atoms. The standard InChI is InChI=1S/C15H22N4O4/c1-3-5-9-18-10(6-7-11(20)21)16-13-12(18)14(22)17-15(23)19(13)8-4-2/h3-9H2,1-2H3,(H,20,21)(H,17,22,23)/p-1. The Morgan fingerprint density at radius 3 is 2.52 bits per heavy atom. The van der Waals surface area contributed by atoms with Gasteiger partial charge in [-0.3, -0.25) is 14.3 Å². The number of nitrogens with zero attached hydrogens (tertiary/aromatic N) is 3. The maximum Gasteiger partial charge on any atom is 0.330 e. The van der Waals surface area contributed by atoms with Crippen LogP contribution in [0.1, 0.15) is 45.4 Å². The van der Waals surface area contributed by atoms with Gasteiger partial charge in [0.2, 0.25) is 0 Å². The summed E-state index contributed by atoms with van der Waals surface area (Å²) in [5.41, 5.74) is -0.318. The molecule has 0 atom stereocenters. The number of aromatic nitrogens is 4. The van der Waals surface area contributed by atoms with Gasteiger partial charge in [-0.1, -0.05) is 20.3 Å². The summed E-state index contributed by atoms with van der Waals surface area (Å²) in [6.07, 6.45) is 2.46. The van der Waals surface area contributed by atoms with E-state index in [1.54, 1.807) is 4.57 Å². The Morgan fingerprint density at radius 1 is 1.17 bits per heavy atom. The summed E-state index contributed by atoms with van der Waals surface area (Å²) < 4.78 is 3.16. The maximum absolute atomic E-state index is 12.2. The molecule has 0 aliphatic rings. The fourth-order valence-corrected chi connectivity index (χ4v) is 2.61. The fraction of sp³-hybridized carbons (Fsp3) is 0.600. The number of hydrogen-bond acceptors (Lipinski definition) is 5. The molecule has 2 aromatic rings. The number of carbonyl (C=O) groups excluding carboxylic acids is 1. The Bertz CT molecular complexity index is 815. The summed E-state index contributed by atoms with van der Waals surface area (Å²) >= 11 is 0. The van der Waals surface area contributed by atoms with Crippen LogP contribution in [-0.2, 0) is 24.3 Å². The third-order valence-electron chi connectivity index (χ3n) is 3.70. The van der Waals surface area contributed by atoms with E-state index in [2.05, 4.69) is 9.97 Å². The number of aryl methyl sites for hydroxylation is 3. The van der Waals surface area contributed by atoms with Crippen LogP contribution in [0, 0.1) is 0 Å². The fourth-order valence-electron chi connectivity index (χ4n) is 2.61. The molecule has 126 valence electrons. The Morgan fingerprint density at radius 2 is 1.91 bits per heavy atom. The third-order valence-corrected chi connectivity index (χ3v) is 3.70. The van der Waals surface area contributed by atoms with Crippen LogP contribution < -0.4 is 16.4 Å². The lowest BCUT2D eigenvalue weighted by Gasteiger charge is -2.08. The van der Waals surface area contributed by atoms with Crippen molar-refractivity contribution in [3.05, 3.63) is 26.7 Å². The normalized spacial score (nSPS) is 11.2. The number of aromatic amines is 1. The Hall–Kier alpha value is -2.38. The minimum absolute atomic E-state index is 0.167. The van der Waals surface area contributed by atoms with Crippen LogP contribution in [-0.4, -0.2) is 25.1 Å². The van der Waals surface area contributed by atoms with E-state index in [1.807, 2.05) is 13.8 Å². The predicted octanol–water partition coefficient (Wildman–Crippen LogP) is -0.221. The number of carboxylic acids is 1. The molecule has 0 saturated heterocycles. The van der Waals surface area contributed by atoms with E-state index in [-0.39, 0.29) is 12.8 Å². The minimum atomic E-state index is -1.17. The first-order valence-electron chi connectivity index (χ1n) is 7.91. The molecule has 2 heterocycles. The monoisotopic (exact) mass is 321 g/mol. The molecular formula is C15H21N4O4-. The SMILES string of the molecule is CCCCn1c(CCC(=O)[O-])nc2c1c(=O)[nH]c(=O)n2CCC. The van der Waals surface area contributed by atoms with E-state index in [0.29, 0.717) is 30.1 Å². The van der Waals surface area contributed by atoms with Gasteiger partial charge >= 0.3 is 5.69 Å². The highest BCUT2D eigenvalue weighted by molar-refractivity contribution is 5.71. The number of aliphatic carboxylic acids is 1. The molecule has 8 nitrogen and oxygen atoms in total. The number of imidazole rings is 1. The van der Waals surface area contributed by atoms with Gasteiger partial charge in [0.15, 0.2) is 11.2 Å². The highest BCUT2D eigenvalue weighted by atomic mass is 16.4. The predicted molar refractivity (Wildman–Crippen MR) is 83.1 cm³/mol. The van der Waals surface area contributed by atoms with Crippen molar-refractivity contribution in [2.75, 3.05) is 0 Å². The molecule has 0 aromatic carbocycles. The van der Waals surface area contributed by atoms with Gasteiger partial charge < -0.3 is 14.5 Å². The molecule has 0 aliphatic heterocycles.